The summed E-state index contributed by atoms with van der Waals surface area (Å²) < 4.78 is 0. The quantitative estimate of drug-likeness (QED) is 0.0703. The van der Waals surface area contributed by atoms with E-state index in [1.165, 1.54) is 167 Å². The number of rotatable bonds is 32. The van der Waals surface area contributed by atoms with Crippen LogP contribution in [0.4, 0.5) is 0 Å². The van der Waals surface area contributed by atoms with Crippen LogP contribution in [0.25, 0.3) is 0 Å². The van der Waals surface area contributed by atoms with E-state index in [-0.39, 0.29) is 6.61 Å². The fourth-order valence-electron chi connectivity index (χ4n) is 5.31. The molecule has 0 saturated carbocycles. The maximum absolute atomic E-state index is 10.4. The van der Waals surface area contributed by atoms with Crippen LogP contribution in [0.2, 0.25) is 0 Å². The first-order valence-corrected chi connectivity index (χ1v) is 18.1. The van der Waals surface area contributed by atoms with E-state index in [9.17, 15) is 4.79 Å². The SMILES string of the molecule is CCCCCCCCCCCCCCC(O)CO.CCCCCCCCCCCCCCCCCCCC(=O)O. The van der Waals surface area contributed by atoms with E-state index < -0.39 is 12.1 Å². The minimum absolute atomic E-state index is 0.0853. The van der Waals surface area contributed by atoms with Gasteiger partial charge in [0, 0.05) is 6.42 Å². The van der Waals surface area contributed by atoms with Gasteiger partial charge in [0.05, 0.1) is 12.7 Å². The van der Waals surface area contributed by atoms with Crippen LogP contribution in [0.5, 0.6) is 0 Å². The highest BCUT2D eigenvalue weighted by atomic mass is 16.4. The average molecular weight is 571 g/mol. The second-order valence-electron chi connectivity index (χ2n) is 12.3. The van der Waals surface area contributed by atoms with Gasteiger partial charge in [-0.15, -0.1) is 0 Å². The Morgan fingerprint density at radius 3 is 0.950 bits per heavy atom. The molecule has 0 bridgehead atoms. The van der Waals surface area contributed by atoms with Crippen molar-refractivity contribution in [2.45, 2.75) is 219 Å². The lowest BCUT2D eigenvalue weighted by atomic mass is 10.0. The largest absolute Gasteiger partial charge is 0.481 e. The predicted octanol–water partition coefficient (Wildman–Crippen LogP) is 11.5. The highest BCUT2D eigenvalue weighted by Gasteiger charge is 2.01. The van der Waals surface area contributed by atoms with E-state index in [0.717, 1.165) is 25.7 Å². The summed E-state index contributed by atoms with van der Waals surface area (Å²) in [5.74, 6) is -0.652. The van der Waals surface area contributed by atoms with Crippen molar-refractivity contribution in [3.8, 4) is 0 Å². The lowest BCUT2D eigenvalue weighted by Gasteiger charge is -2.06. The van der Waals surface area contributed by atoms with Gasteiger partial charge >= 0.3 is 5.97 Å². The van der Waals surface area contributed by atoms with E-state index in [1.807, 2.05) is 0 Å². The number of unbranched alkanes of at least 4 members (excludes halogenated alkanes) is 27. The number of carboxylic acids is 1. The van der Waals surface area contributed by atoms with Crippen LogP contribution in [0.3, 0.4) is 0 Å². The Labute approximate surface area is 251 Å². The number of aliphatic hydroxyl groups is 2. The summed E-state index contributed by atoms with van der Waals surface area (Å²) in [5, 5.41) is 26.4. The van der Waals surface area contributed by atoms with Crippen molar-refractivity contribution >= 4 is 5.97 Å². The predicted molar refractivity (Wildman–Crippen MR) is 175 cm³/mol. The molecule has 4 heteroatoms. The van der Waals surface area contributed by atoms with Crippen molar-refractivity contribution in [2.24, 2.45) is 0 Å². The zero-order chi connectivity index (χ0) is 29.8. The number of aliphatic carboxylic acids is 1. The maximum Gasteiger partial charge on any atom is 0.303 e. The molecule has 0 amide bonds. The van der Waals surface area contributed by atoms with Crippen LogP contribution in [-0.4, -0.2) is 34.0 Å². The highest BCUT2D eigenvalue weighted by molar-refractivity contribution is 5.66. The minimum atomic E-state index is -0.652. The molecule has 40 heavy (non-hydrogen) atoms. The van der Waals surface area contributed by atoms with Crippen LogP contribution in [0.15, 0.2) is 0 Å². The summed E-state index contributed by atoms with van der Waals surface area (Å²) in [4.78, 5) is 10.4. The monoisotopic (exact) mass is 571 g/mol. The molecule has 0 aliphatic carbocycles. The standard InChI is InChI=1S/C20H40O2.C16H34O2/c1-2-3-4-5-6-7-8-9-10-11-12-13-14-15-16-17-18-19-20(21)22;1-2-3-4-5-6-7-8-9-10-11-12-13-14-16(18)15-17/h2-19H2,1H3,(H,21,22);16-18H,2-15H2,1H3. The third kappa shape index (κ3) is 41.9. The Hall–Kier alpha value is -0.610. The third-order valence-electron chi connectivity index (χ3n) is 8.10. The Kier molecular flexibility index (Phi) is 39.9. The number of carbonyl (C=O) groups is 1. The van der Waals surface area contributed by atoms with Gasteiger partial charge in [-0.3, -0.25) is 4.79 Å². The zero-order valence-corrected chi connectivity index (χ0v) is 27.5. The van der Waals surface area contributed by atoms with Gasteiger partial charge in [0.1, 0.15) is 0 Å². The Morgan fingerprint density at radius 1 is 0.450 bits per heavy atom. The number of hydrogen-bond acceptors (Lipinski definition) is 3. The minimum Gasteiger partial charge on any atom is -0.481 e. The lowest BCUT2D eigenvalue weighted by molar-refractivity contribution is -0.137. The van der Waals surface area contributed by atoms with Gasteiger partial charge in [0.15, 0.2) is 0 Å². The van der Waals surface area contributed by atoms with E-state index in [0.29, 0.717) is 6.42 Å². The summed E-state index contributed by atoms with van der Waals surface area (Å²) in [6.07, 6.45) is 39.5. The molecule has 0 spiro atoms. The van der Waals surface area contributed by atoms with E-state index in [2.05, 4.69) is 13.8 Å². The molecule has 1 atom stereocenters. The van der Waals surface area contributed by atoms with Gasteiger partial charge in [-0.25, -0.2) is 0 Å². The third-order valence-corrected chi connectivity index (χ3v) is 8.10. The lowest BCUT2D eigenvalue weighted by Crippen LogP contribution is -2.10. The molecule has 0 radical (unpaired) electrons. The van der Waals surface area contributed by atoms with E-state index in [4.69, 9.17) is 15.3 Å². The normalized spacial score (nSPS) is 11.8. The second-order valence-corrected chi connectivity index (χ2v) is 12.3. The molecule has 0 aromatic carbocycles. The molecular formula is C36H74O4. The van der Waals surface area contributed by atoms with Crippen LogP contribution in [-0.2, 0) is 4.79 Å². The van der Waals surface area contributed by atoms with Gasteiger partial charge in [0.2, 0.25) is 0 Å². The maximum atomic E-state index is 10.4. The molecule has 0 heterocycles. The molecule has 0 aliphatic heterocycles. The first-order valence-electron chi connectivity index (χ1n) is 18.1. The Morgan fingerprint density at radius 2 is 0.700 bits per heavy atom. The van der Waals surface area contributed by atoms with Gasteiger partial charge in [-0.2, -0.15) is 0 Å². The van der Waals surface area contributed by atoms with Crippen LogP contribution in [0.1, 0.15) is 213 Å². The first kappa shape index (κ1) is 41.5. The fourth-order valence-corrected chi connectivity index (χ4v) is 5.31. The van der Waals surface area contributed by atoms with Crippen molar-refractivity contribution in [3.63, 3.8) is 0 Å². The summed E-state index contributed by atoms with van der Waals surface area (Å²) in [5.41, 5.74) is 0. The van der Waals surface area contributed by atoms with Gasteiger partial charge in [0.25, 0.3) is 0 Å². The molecule has 0 fully saturated rings. The molecule has 242 valence electrons. The summed E-state index contributed by atoms with van der Waals surface area (Å²) in [7, 11) is 0. The number of carboxylic acid groups (broad SMARTS) is 1. The summed E-state index contributed by atoms with van der Waals surface area (Å²) in [6, 6.07) is 0. The van der Waals surface area contributed by atoms with Crippen molar-refractivity contribution in [2.75, 3.05) is 6.61 Å². The number of aliphatic hydroxyl groups excluding tert-OH is 2. The highest BCUT2D eigenvalue weighted by Crippen LogP contribution is 2.15. The molecule has 0 aliphatic rings. The van der Waals surface area contributed by atoms with E-state index >= 15 is 0 Å². The van der Waals surface area contributed by atoms with E-state index in [1.54, 1.807) is 0 Å². The molecule has 4 nitrogen and oxygen atoms in total. The molecule has 0 aromatic rings. The van der Waals surface area contributed by atoms with Crippen molar-refractivity contribution in [1.82, 2.24) is 0 Å². The van der Waals surface area contributed by atoms with Crippen molar-refractivity contribution in [3.05, 3.63) is 0 Å². The second kappa shape index (κ2) is 38.4. The first-order chi connectivity index (χ1) is 19.6. The summed E-state index contributed by atoms with van der Waals surface area (Å²) >= 11 is 0. The summed E-state index contributed by atoms with van der Waals surface area (Å²) in [6.45, 7) is 4.46. The molecule has 0 aromatic heterocycles. The molecular weight excluding hydrogens is 496 g/mol. The molecule has 3 N–H and O–H groups in total. The number of hydrogen-bond donors (Lipinski definition) is 3. The smallest absolute Gasteiger partial charge is 0.303 e. The zero-order valence-electron chi connectivity index (χ0n) is 27.5. The van der Waals surface area contributed by atoms with Crippen LogP contribution in [0, 0.1) is 0 Å². The Balaban J connectivity index is 0. The van der Waals surface area contributed by atoms with Gasteiger partial charge in [-0.05, 0) is 12.8 Å². The molecule has 0 saturated heterocycles. The fraction of sp³-hybridized carbons (Fsp3) is 0.972. The van der Waals surface area contributed by atoms with Crippen molar-refractivity contribution < 1.29 is 20.1 Å². The molecule has 1 unspecified atom stereocenters. The average Bonchev–Trinajstić information content (AvgIpc) is 2.95. The van der Waals surface area contributed by atoms with Gasteiger partial charge < -0.3 is 15.3 Å². The van der Waals surface area contributed by atoms with Crippen molar-refractivity contribution in [1.29, 1.82) is 0 Å². The topological polar surface area (TPSA) is 77.8 Å². The van der Waals surface area contributed by atoms with Crippen LogP contribution < -0.4 is 0 Å². The Bertz CT molecular complexity index is 454. The van der Waals surface area contributed by atoms with Crippen LogP contribution >= 0.6 is 0 Å². The molecule has 0 rings (SSSR count). The van der Waals surface area contributed by atoms with Gasteiger partial charge in [-0.1, -0.05) is 194 Å².